The molecule has 0 saturated carbocycles. The Kier molecular flexibility index (Phi) is 11.0. The van der Waals surface area contributed by atoms with Crippen LogP contribution >= 0.6 is 12.4 Å². The lowest BCUT2D eigenvalue weighted by Crippen LogP contribution is -2.27. The highest BCUT2D eigenvalue weighted by Gasteiger charge is 1.88. The van der Waals surface area contributed by atoms with E-state index in [-0.39, 0.29) is 29.8 Å². The second kappa shape index (κ2) is 4.93. The highest BCUT2D eigenvalue weighted by Crippen LogP contribution is 1.73. The molecule has 3 heteroatoms. The van der Waals surface area contributed by atoms with Gasteiger partial charge in [0.05, 0.1) is 28.2 Å². The Morgan fingerprint density at radius 2 is 0.857 bits per heavy atom. The highest BCUT2D eigenvalue weighted by molar-refractivity contribution is 5.85. The largest absolute Gasteiger partial charge is 0.333 e. The fraction of sp³-hybridized carbons (Fsp3) is 1.00. The lowest BCUT2D eigenvalue weighted by molar-refractivity contribution is -0.849. The monoisotopic (exact) mass is 140 g/mol. The summed E-state index contributed by atoms with van der Waals surface area (Å²) in [6, 6.07) is 0. The first kappa shape index (κ1) is 15.7. The van der Waals surface area contributed by atoms with Crippen LogP contribution in [0.2, 0.25) is 0 Å². The van der Waals surface area contributed by atoms with Gasteiger partial charge in [0.2, 0.25) is 0 Å². The molecule has 1 nitrogen and oxygen atoms in total. The van der Waals surface area contributed by atoms with E-state index >= 15 is 0 Å². The van der Waals surface area contributed by atoms with Crippen molar-refractivity contribution in [3.8, 4) is 0 Å². The Balaban J connectivity index is -0.0000000800. The van der Waals surface area contributed by atoms with Crippen molar-refractivity contribution in [3.63, 3.8) is 0 Å². The lowest BCUT2D eigenvalue weighted by Gasteiger charge is -2.14. The molecule has 0 bridgehead atoms. The first-order valence-corrected chi connectivity index (χ1v) is 1.79. The van der Waals surface area contributed by atoms with Crippen LogP contribution in [0.25, 0.3) is 0 Å². The number of nitrogens with zero attached hydrogens (tertiary/aromatic N) is 1. The molecule has 7 heavy (non-hydrogen) atoms. The first-order chi connectivity index (χ1) is 2.00. The van der Waals surface area contributed by atoms with Gasteiger partial charge in [0.1, 0.15) is 0 Å². The SMILES string of the molecule is C[N+](C)(C)C.Cl.[AlH3]. The fourth-order valence-electron chi connectivity index (χ4n) is 0. The van der Waals surface area contributed by atoms with Crippen molar-refractivity contribution in [1.29, 1.82) is 0 Å². The summed E-state index contributed by atoms with van der Waals surface area (Å²) in [5.41, 5.74) is 0. The predicted molar refractivity (Wildman–Crippen MR) is 41.1 cm³/mol. The minimum Gasteiger partial charge on any atom is -0.333 e. The van der Waals surface area contributed by atoms with E-state index in [4.69, 9.17) is 0 Å². The summed E-state index contributed by atoms with van der Waals surface area (Å²) in [4.78, 5) is 0. The topological polar surface area (TPSA) is 0 Å². The van der Waals surface area contributed by atoms with Crippen LogP contribution in [0.15, 0.2) is 0 Å². The van der Waals surface area contributed by atoms with Crippen molar-refractivity contribution < 1.29 is 4.48 Å². The number of hydrogen-bond acceptors (Lipinski definition) is 0. The average molecular weight is 141 g/mol. The van der Waals surface area contributed by atoms with Gasteiger partial charge in [-0.2, -0.15) is 0 Å². The summed E-state index contributed by atoms with van der Waals surface area (Å²) in [7, 11) is 8.50. The molecule has 0 aromatic carbocycles. The Bertz CT molecular complexity index is 27.2. The zero-order chi connectivity index (χ0) is 4.50. The van der Waals surface area contributed by atoms with E-state index in [1.165, 1.54) is 0 Å². The standard InChI is InChI=1S/C4H12N.Al.ClH.3H/c1-5(2,3)4;;;;;/h1-4H3;;1H;;;/q+1;;;;;. The second-order valence-corrected chi connectivity index (χ2v) is 2.68. The van der Waals surface area contributed by atoms with Crippen LogP contribution in [0.1, 0.15) is 0 Å². The third kappa shape index (κ3) is 253. The third-order valence-corrected chi connectivity index (χ3v) is 0. The lowest BCUT2D eigenvalue weighted by atomic mass is 10.8. The van der Waals surface area contributed by atoms with Crippen LogP contribution in [0, 0.1) is 0 Å². The van der Waals surface area contributed by atoms with Crippen molar-refractivity contribution in [2.24, 2.45) is 0 Å². The Hall–Kier alpha value is 0.782. The third-order valence-electron chi connectivity index (χ3n) is 0. The van der Waals surface area contributed by atoms with Crippen molar-refractivity contribution in [1.82, 2.24) is 0 Å². The number of quaternary nitrogens is 1. The molecule has 0 atom stereocenters. The summed E-state index contributed by atoms with van der Waals surface area (Å²) in [6.45, 7) is 0. The van der Waals surface area contributed by atoms with E-state index in [9.17, 15) is 0 Å². The van der Waals surface area contributed by atoms with Gasteiger partial charge < -0.3 is 4.48 Å². The number of hydrogen-bond donors (Lipinski definition) is 0. The van der Waals surface area contributed by atoms with Crippen molar-refractivity contribution >= 4 is 29.8 Å². The molecule has 0 spiro atoms. The van der Waals surface area contributed by atoms with Gasteiger partial charge in [-0.15, -0.1) is 12.4 Å². The quantitative estimate of drug-likeness (QED) is 0.316. The summed E-state index contributed by atoms with van der Waals surface area (Å²) in [5, 5.41) is 0. The van der Waals surface area contributed by atoms with Crippen LogP contribution in [-0.2, 0) is 0 Å². The van der Waals surface area contributed by atoms with Crippen molar-refractivity contribution in [2.75, 3.05) is 28.2 Å². The van der Waals surface area contributed by atoms with Gasteiger partial charge in [0, 0.05) is 0 Å². The molecule has 0 aromatic heterocycles. The van der Waals surface area contributed by atoms with E-state index in [1.807, 2.05) is 0 Å². The summed E-state index contributed by atoms with van der Waals surface area (Å²) in [6.07, 6.45) is 0. The number of rotatable bonds is 0. The van der Waals surface area contributed by atoms with Gasteiger partial charge in [0.15, 0.2) is 17.4 Å². The molecular weight excluding hydrogens is 124 g/mol. The maximum Gasteiger partial charge on any atom is 0.187 e. The van der Waals surface area contributed by atoms with Crippen LogP contribution in [-0.4, -0.2) is 50.0 Å². The van der Waals surface area contributed by atoms with Gasteiger partial charge in [-0.05, 0) is 0 Å². The maximum absolute atomic E-state index is 2.12. The fourth-order valence-corrected chi connectivity index (χ4v) is 0. The van der Waals surface area contributed by atoms with Crippen LogP contribution in [0.5, 0.6) is 0 Å². The van der Waals surface area contributed by atoms with Gasteiger partial charge >= 0.3 is 0 Å². The molecule has 0 aliphatic rings. The van der Waals surface area contributed by atoms with E-state index in [0.29, 0.717) is 0 Å². The van der Waals surface area contributed by atoms with Gasteiger partial charge in [0.25, 0.3) is 0 Å². The van der Waals surface area contributed by atoms with Crippen LogP contribution in [0.3, 0.4) is 0 Å². The highest BCUT2D eigenvalue weighted by atomic mass is 35.5. The van der Waals surface area contributed by atoms with E-state index in [2.05, 4.69) is 28.2 Å². The Morgan fingerprint density at radius 1 is 0.857 bits per heavy atom. The maximum atomic E-state index is 2.12. The molecule has 0 amide bonds. The van der Waals surface area contributed by atoms with Crippen LogP contribution in [0.4, 0.5) is 0 Å². The molecule has 0 radical (unpaired) electrons. The molecule has 0 fully saturated rings. The van der Waals surface area contributed by atoms with Gasteiger partial charge in [-0.25, -0.2) is 0 Å². The zero-order valence-electron chi connectivity index (χ0n) is 4.86. The average Bonchev–Trinajstić information content (AvgIpc) is 0.722. The minimum atomic E-state index is 0. The summed E-state index contributed by atoms with van der Waals surface area (Å²) >= 11 is 0. The number of halogens is 1. The van der Waals surface area contributed by atoms with Gasteiger partial charge in [-0.1, -0.05) is 0 Å². The molecule has 0 aliphatic heterocycles. The first-order valence-electron chi connectivity index (χ1n) is 1.79. The molecule has 0 N–H and O–H groups in total. The predicted octanol–water partition coefficient (Wildman–Crippen LogP) is -0.440. The normalized spacial score (nSPS) is 8.57. The summed E-state index contributed by atoms with van der Waals surface area (Å²) < 4.78 is 1.00. The molecule has 0 saturated heterocycles. The van der Waals surface area contributed by atoms with Crippen molar-refractivity contribution in [2.45, 2.75) is 0 Å². The van der Waals surface area contributed by atoms with E-state index in [0.717, 1.165) is 4.48 Å². The molecular formula is C4H16AlClN+. The zero-order valence-corrected chi connectivity index (χ0v) is 5.67. The summed E-state index contributed by atoms with van der Waals surface area (Å²) in [5.74, 6) is 0. The van der Waals surface area contributed by atoms with Gasteiger partial charge in [-0.3, -0.25) is 0 Å². The molecule has 0 aromatic rings. The molecule has 0 rings (SSSR count). The van der Waals surface area contributed by atoms with Crippen LogP contribution < -0.4 is 0 Å². The molecule has 46 valence electrons. The van der Waals surface area contributed by atoms with Crippen molar-refractivity contribution in [3.05, 3.63) is 0 Å². The van der Waals surface area contributed by atoms with E-state index < -0.39 is 0 Å². The Labute approximate surface area is 62.8 Å². The van der Waals surface area contributed by atoms with E-state index in [1.54, 1.807) is 0 Å². The molecule has 0 aliphatic carbocycles. The molecule has 0 heterocycles. The smallest absolute Gasteiger partial charge is 0.187 e. The second-order valence-electron chi connectivity index (χ2n) is 2.68. The minimum absolute atomic E-state index is 0. The Morgan fingerprint density at radius 3 is 0.857 bits per heavy atom. The molecule has 0 unspecified atom stereocenters.